The van der Waals surface area contributed by atoms with Crippen LogP contribution in [-0.2, 0) is 19.4 Å². The van der Waals surface area contributed by atoms with Gasteiger partial charge in [0.1, 0.15) is 0 Å². The molecule has 0 saturated heterocycles. The van der Waals surface area contributed by atoms with Crippen LogP contribution >= 0.6 is 0 Å². The van der Waals surface area contributed by atoms with Crippen molar-refractivity contribution in [2.45, 2.75) is 24.2 Å². The second-order valence-electron chi connectivity index (χ2n) is 4.30. The third-order valence-corrected chi connectivity index (χ3v) is 4.42. The number of carbonyl (C=O) groups is 3. The summed E-state index contributed by atoms with van der Waals surface area (Å²) in [6.07, 6.45) is -0.959. The summed E-state index contributed by atoms with van der Waals surface area (Å²) in [6, 6.07) is 5.01. The Morgan fingerprint density at radius 2 is 1.38 bits per heavy atom. The highest BCUT2D eigenvalue weighted by atomic mass is 32.2. The molecule has 7 nitrogen and oxygen atoms in total. The quantitative estimate of drug-likeness (QED) is 0.685. The van der Waals surface area contributed by atoms with Gasteiger partial charge in [-0.25, -0.2) is 8.42 Å². The first-order valence-corrected chi connectivity index (χ1v) is 7.67. The minimum Gasteiger partial charge on any atom is -0.481 e. The van der Waals surface area contributed by atoms with Gasteiger partial charge < -0.3 is 10.2 Å². The molecule has 0 aromatic heterocycles. The second kappa shape index (κ2) is 6.98. The first-order chi connectivity index (χ1) is 9.72. The molecule has 0 radical (unpaired) electrons. The summed E-state index contributed by atoms with van der Waals surface area (Å²) in [6.45, 7) is 0. The van der Waals surface area contributed by atoms with Gasteiger partial charge in [0.25, 0.3) is 0 Å². The van der Waals surface area contributed by atoms with E-state index in [-0.39, 0.29) is 23.3 Å². The zero-order valence-corrected chi connectivity index (χ0v) is 11.8. The van der Waals surface area contributed by atoms with Crippen LogP contribution in [-0.4, -0.2) is 42.1 Å². The van der Waals surface area contributed by atoms with Crippen LogP contribution in [0.5, 0.6) is 0 Å². The molecule has 0 fully saturated rings. The molecule has 2 N–H and O–H groups in total. The fourth-order valence-electron chi connectivity index (χ4n) is 1.55. The van der Waals surface area contributed by atoms with Crippen molar-refractivity contribution in [2.24, 2.45) is 0 Å². The van der Waals surface area contributed by atoms with E-state index in [1.54, 1.807) is 0 Å². The van der Waals surface area contributed by atoms with Gasteiger partial charge in [-0.15, -0.1) is 0 Å². The van der Waals surface area contributed by atoms with Crippen LogP contribution in [0.3, 0.4) is 0 Å². The Morgan fingerprint density at radius 3 is 1.86 bits per heavy atom. The Bertz CT molecular complexity index is 644. The molecule has 0 atom stereocenters. The lowest BCUT2D eigenvalue weighted by atomic mass is 10.1. The Labute approximate surface area is 121 Å². The molecular formula is C13H14O7S. The number of aliphatic carboxylic acids is 2. The van der Waals surface area contributed by atoms with Crippen molar-refractivity contribution >= 4 is 27.6 Å². The SMILES string of the molecule is O=C(O)CCC(=O)c1ccc(S(=O)(=O)CCC(=O)O)cc1. The van der Waals surface area contributed by atoms with E-state index in [9.17, 15) is 22.8 Å². The summed E-state index contributed by atoms with van der Waals surface area (Å²) in [5.41, 5.74) is 0.216. The molecule has 1 aromatic carbocycles. The van der Waals surface area contributed by atoms with Gasteiger partial charge >= 0.3 is 11.9 Å². The number of hydrogen-bond donors (Lipinski definition) is 2. The van der Waals surface area contributed by atoms with Gasteiger partial charge in [0.2, 0.25) is 0 Å². The first kappa shape index (κ1) is 16.8. The summed E-state index contributed by atoms with van der Waals surface area (Å²) in [4.78, 5) is 32.3. The molecule has 0 aliphatic heterocycles. The van der Waals surface area contributed by atoms with Gasteiger partial charge in [-0.3, -0.25) is 14.4 Å². The molecule has 0 aliphatic carbocycles. The minimum atomic E-state index is -3.71. The van der Waals surface area contributed by atoms with Gasteiger partial charge in [0.15, 0.2) is 15.6 Å². The van der Waals surface area contributed by atoms with Crippen molar-refractivity contribution in [3.63, 3.8) is 0 Å². The van der Waals surface area contributed by atoms with E-state index in [1.807, 2.05) is 0 Å². The zero-order chi connectivity index (χ0) is 16.0. The molecule has 114 valence electrons. The third kappa shape index (κ3) is 5.35. The number of carboxylic acids is 2. The van der Waals surface area contributed by atoms with Gasteiger partial charge in [0.05, 0.1) is 23.5 Å². The molecule has 21 heavy (non-hydrogen) atoms. The van der Waals surface area contributed by atoms with Crippen molar-refractivity contribution in [1.29, 1.82) is 0 Å². The molecule has 0 amide bonds. The van der Waals surface area contributed by atoms with Crippen molar-refractivity contribution < 1.29 is 33.0 Å². The highest BCUT2D eigenvalue weighted by Gasteiger charge is 2.17. The summed E-state index contributed by atoms with van der Waals surface area (Å²) < 4.78 is 23.6. The highest BCUT2D eigenvalue weighted by Crippen LogP contribution is 2.15. The molecular weight excluding hydrogens is 300 g/mol. The van der Waals surface area contributed by atoms with Crippen molar-refractivity contribution in [3.8, 4) is 0 Å². The maximum absolute atomic E-state index is 11.8. The lowest BCUT2D eigenvalue weighted by Gasteiger charge is -2.04. The normalized spacial score (nSPS) is 11.0. The molecule has 0 saturated carbocycles. The maximum atomic E-state index is 11.8. The Hall–Kier alpha value is -2.22. The molecule has 0 spiro atoms. The summed E-state index contributed by atoms with van der Waals surface area (Å²) in [5, 5.41) is 17.0. The smallest absolute Gasteiger partial charge is 0.304 e. The fourth-order valence-corrected chi connectivity index (χ4v) is 2.78. The predicted molar refractivity (Wildman–Crippen MR) is 71.9 cm³/mol. The molecule has 1 rings (SSSR count). The van der Waals surface area contributed by atoms with E-state index in [2.05, 4.69) is 0 Å². The van der Waals surface area contributed by atoms with Gasteiger partial charge in [-0.1, -0.05) is 12.1 Å². The molecule has 0 unspecified atom stereocenters. The monoisotopic (exact) mass is 314 g/mol. The van der Waals surface area contributed by atoms with Crippen LogP contribution in [0.4, 0.5) is 0 Å². The van der Waals surface area contributed by atoms with Crippen molar-refractivity contribution in [3.05, 3.63) is 29.8 Å². The highest BCUT2D eigenvalue weighted by molar-refractivity contribution is 7.91. The third-order valence-electron chi connectivity index (χ3n) is 2.69. The van der Waals surface area contributed by atoms with Gasteiger partial charge in [-0.2, -0.15) is 0 Å². The van der Waals surface area contributed by atoms with Crippen LogP contribution in [0.2, 0.25) is 0 Å². The van der Waals surface area contributed by atoms with E-state index >= 15 is 0 Å². The second-order valence-corrected chi connectivity index (χ2v) is 6.41. The summed E-state index contributed by atoms with van der Waals surface area (Å²) in [7, 11) is -3.71. The van der Waals surface area contributed by atoms with Gasteiger partial charge in [0, 0.05) is 12.0 Å². The van der Waals surface area contributed by atoms with Crippen LogP contribution in [0, 0.1) is 0 Å². The number of rotatable bonds is 8. The van der Waals surface area contributed by atoms with E-state index < -0.39 is 39.7 Å². The largest absolute Gasteiger partial charge is 0.481 e. The lowest BCUT2D eigenvalue weighted by molar-refractivity contribution is -0.137. The number of sulfone groups is 1. The molecule has 0 heterocycles. The molecule has 0 bridgehead atoms. The maximum Gasteiger partial charge on any atom is 0.304 e. The topological polar surface area (TPSA) is 126 Å². The number of Topliss-reactive ketones (excluding diaryl/α,β-unsaturated/α-hetero) is 1. The summed E-state index contributed by atoms with van der Waals surface area (Å²) >= 11 is 0. The predicted octanol–water partition coefficient (Wildman–Crippen LogP) is 0.982. The lowest BCUT2D eigenvalue weighted by Crippen LogP contribution is -2.11. The minimum absolute atomic E-state index is 0.0708. The number of ketones is 1. The number of benzene rings is 1. The first-order valence-electron chi connectivity index (χ1n) is 6.02. The van der Waals surface area contributed by atoms with Crippen LogP contribution in [0.15, 0.2) is 29.2 Å². The van der Waals surface area contributed by atoms with Crippen LogP contribution < -0.4 is 0 Å². The van der Waals surface area contributed by atoms with Crippen molar-refractivity contribution in [2.75, 3.05) is 5.75 Å². The van der Waals surface area contributed by atoms with E-state index in [1.165, 1.54) is 24.3 Å². The average Bonchev–Trinajstić information content (AvgIpc) is 2.43. The molecule has 8 heteroatoms. The fraction of sp³-hybridized carbons (Fsp3) is 0.308. The standard InChI is InChI=1S/C13H14O7S/c14-11(5-6-12(15)16)9-1-3-10(4-2-9)21(19,20)8-7-13(17)18/h1-4H,5-8H2,(H,15,16)(H,17,18). The molecule has 1 aromatic rings. The summed E-state index contributed by atoms with van der Waals surface area (Å²) in [5.74, 6) is -3.21. The Morgan fingerprint density at radius 1 is 0.857 bits per heavy atom. The Balaban J connectivity index is 2.80. The van der Waals surface area contributed by atoms with Crippen LogP contribution in [0.1, 0.15) is 29.6 Å². The number of carbonyl (C=O) groups excluding carboxylic acids is 1. The van der Waals surface area contributed by atoms with Crippen LogP contribution in [0.25, 0.3) is 0 Å². The average molecular weight is 314 g/mol. The van der Waals surface area contributed by atoms with E-state index in [0.717, 1.165) is 0 Å². The number of hydrogen-bond acceptors (Lipinski definition) is 5. The number of carboxylic acid groups (broad SMARTS) is 2. The van der Waals surface area contributed by atoms with E-state index in [0.29, 0.717) is 0 Å². The van der Waals surface area contributed by atoms with Crippen molar-refractivity contribution in [1.82, 2.24) is 0 Å². The van der Waals surface area contributed by atoms with Gasteiger partial charge in [-0.05, 0) is 12.1 Å². The Kier molecular flexibility index (Phi) is 5.60. The molecule has 0 aliphatic rings. The zero-order valence-electron chi connectivity index (χ0n) is 11.0. The van der Waals surface area contributed by atoms with E-state index in [4.69, 9.17) is 10.2 Å².